The number of pyridine rings is 1. The molecule has 8 heteroatoms. The number of benzene rings is 1. The molecule has 0 aliphatic carbocycles. The second-order valence-corrected chi connectivity index (χ2v) is 6.93. The standard InChI is InChI=1S/C20H23N3O5/c1-11-8-16(24)18(19(26)21(11)2)13(10-17(25)28-5)12-6-7-14-15(9-12)23(4)20(27)22(14)3/h6-9,13,24H,10H2,1-5H3. The molecule has 0 aliphatic rings. The Bertz CT molecular complexity index is 1200. The van der Waals surface area contributed by atoms with Gasteiger partial charge in [-0.1, -0.05) is 6.07 Å². The number of fused-ring (bicyclic) bond motifs is 1. The Kier molecular flexibility index (Phi) is 4.89. The van der Waals surface area contributed by atoms with Crippen LogP contribution in [0.4, 0.5) is 0 Å². The molecule has 0 bridgehead atoms. The van der Waals surface area contributed by atoms with Crippen molar-refractivity contribution in [3.63, 3.8) is 0 Å². The summed E-state index contributed by atoms with van der Waals surface area (Å²) in [6, 6.07) is 6.79. The second-order valence-electron chi connectivity index (χ2n) is 6.93. The van der Waals surface area contributed by atoms with Crippen molar-refractivity contribution in [3.8, 4) is 5.75 Å². The molecular weight excluding hydrogens is 362 g/mol. The predicted octanol–water partition coefficient (Wildman–Crippen LogP) is 1.28. The SMILES string of the molecule is COC(=O)CC(c1ccc2c(c1)n(C)c(=O)n2C)c1c(O)cc(C)n(C)c1=O. The van der Waals surface area contributed by atoms with Crippen LogP contribution in [0.5, 0.6) is 5.75 Å². The molecule has 2 heterocycles. The first-order valence-electron chi connectivity index (χ1n) is 8.79. The number of hydrogen-bond donors (Lipinski definition) is 1. The largest absolute Gasteiger partial charge is 0.507 e. The van der Waals surface area contributed by atoms with Crippen LogP contribution in [0.15, 0.2) is 33.9 Å². The first-order valence-corrected chi connectivity index (χ1v) is 8.79. The maximum atomic E-state index is 12.9. The molecule has 3 aromatic rings. The van der Waals surface area contributed by atoms with Gasteiger partial charge in [0.1, 0.15) is 5.75 Å². The van der Waals surface area contributed by atoms with Crippen LogP contribution in [0.25, 0.3) is 11.0 Å². The van der Waals surface area contributed by atoms with Gasteiger partial charge in [0.05, 0.1) is 30.1 Å². The van der Waals surface area contributed by atoms with Crippen LogP contribution in [0.1, 0.15) is 29.2 Å². The average Bonchev–Trinajstić information content (AvgIpc) is 2.89. The second kappa shape index (κ2) is 7.03. The third-order valence-electron chi connectivity index (χ3n) is 5.33. The zero-order valence-corrected chi connectivity index (χ0v) is 16.5. The number of carbonyl (C=O) groups is 1. The van der Waals surface area contributed by atoms with Gasteiger partial charge in [0, 0.05) is 32.8 Å². The number of aryl methyl sites for hydroxylation is 3. The fourth-order valence-electron chi connectivity index (χ4n) is 3.53. The van der Waals surface area contributed by atoms with Gasteiger partial charge in [0.25, 0.3) is 5.56 Å². The number of aromatic nitrogens is 3. The van der Waals surface area contributed by atoms with Gasteiger partial charge < -0.3 is 14.4 Å². The minimum atomic E-state index is -0.716. The molecule has 0 amide bonds. The van der Waals surface area contributed by atoms with Gasteiger partial charge >= 0.3 is 11.7 Å². The minimum Gasteiger partial charge on any atom is -0.507 e. The van der Waals surface area contributed by atoms with Gasteiger partial charge in [-0.05, 0) is 30.7 Å². The Morgan fingerprint density at radius 3 is 2.36 bits per heavy atom. The van der Waals surface area contributed by atoms with E-state index in [4.69, 9.17) is 4.74 Å². The molecule has 0 radical (unpaired) electrons. The van der Waals surface area contributed by atoms with E-state index in [1.54, 1.807) is 46.3 Å². The highest BCUT2D eigenvalue weighted by molar-refractivity contribution is 5.78. The van der Waals surface area contributed by atoms with E-state index in [0.717, 1.165) is 5.52 Å². The molecule has 3 rings (SSSR count). The Labute approximate surface area is 161 Å². The molecule has 148 valence electrons. The fourth-order valence-corrected chi connectivity index (χ4v) is 3.53. The van der Waals surface area contributed by atoms with Gasteiger partial charge in [-0.25, -0.2) is 4.79 Å². The molecule has 8 nitrogen and oxygen atoms in total. The molecule has 1 N–H and O–H groups in total. The smallest absolute Gasteiger partial charge is 0.328 e. The molecule has 0 aliphatic heterocycles. The molecule has 1 unspecified atom stereocenters. The van der Waals surface area contributed by atoms with Crippen molar-refractivity contribution in [2.45, 2.75) is 19.3 Å². The summed E-state index contributed by atoms with van der Waals surface area (Å²) in [5.74, 6) is -1.39. The summed E-state index contributed by atoms with van der Waals surface area (Å²) in [7, 11) is 6.22. The Balaban J connectivity index is 2.28. The third-order valence-corrected chi connectivity index (χ3v) is 5.33. The van der Waals surface area contributed by atoms with Gasteiger partial charge in [-0.15, -0.1) is 0 Å². The number of aromatic hydroxyl groups is 1. The average molecular weight is 385 g/mol. The first-order chi connectivity index (χ1) is 13.2. The Morgan fingerprint density at radius 2 is 1.71 bits per heavy atom. The number of nitrogens with zero attached hydrogens (tertiary/aromatic N) is 3. The predicted molar refractivity (Wildman–Crippen MR) is 105 cm³/mol. The van der Waals surface area contributed by atoms with Crippen LogP contribution in [0, 0.1) is 6.92 Å². The zero-order chi connectivity index (χ0) is 20.7. The molecule has 2 aromatic heterocycles. The number of ether oxygens (including phenoxy) is 1. The molecule has 0 saturated heterocycles. The molecule has 0 saturated carbocycles. The monoisotopic (exact) mass is 385 g/mol. The van der Waals surface area contributed by atoms with Gasteiger partial charge in [0.2, 0.25) is 0 Å². The maximum absolute atomic E-state index is 12.9. The van der Waals surface area contributed by atoms with Crippen molar-refractivity contribution in [2.75, 3.05) is 7.11 Å². The quantitative estimate of drug-likeness (QED) is 0.683. The van der Waals surface area contributed by atoms with Gasteiger partial charge in [-0.3, -0.25) is 18.7 Å². The normalized spacial score (nSPS) is 12.3. The van der Waals surface area contributed by atoms with E-state index in [1.807, 2.05) is 0 Å². The number of methoxy groups -OCH3 is 1. The van der Waals surface area contributed by atoms with Crippen molar-refractivity contribution in [1.29, 1.82) is 0 Å². The topological polar surface area (TPSA) is 95.5 Å². The lowest BCUT2D eigenvalue weighted by Gasteiger charge is -2.19. The lowest BCUT2D eigenvalue weighted by molar-refractivity contribution is -0.140. The first kappa shape index (κ1) is 19.5. The fraction of sp³-hybridized carbons (Fsp3) is 0.350. The maximum Gasteiger partial charge on any atom is 0.328 e. The van der Waals surface area contributed by atoms with Crippen LogP contribution in [-0.4, -0.2) is 31.9 Å². The molecule has 28 heavy (non-hydrogen) atoms. The third kappa shape index (κ3) is 3.00. The number of carbonyl (C=O) groups excluding carboxylic acids is 1. The van der Waals surface area contributed by atoms with Crippen LogP contribution >= 0.6 is 0 Å². The number of esters is 1. The van der Waals surface area contributed by atoms with Crippen molar-refractivity contribution < 1.29 is 14.6 Å². The lowest BCUT2D eigenvalue weighted by Crippen LogP contribution is -2.26. The number of rotatable bonds is 4. The van der Waals surface area contributed by atoms with E-state index in [2.05, 4.69) is 0 Å². The number of hydrogen-bond acceptors (Lipinski definition) is 5. The molecular formula is C20H23N3O5. The van der Waals surface area contributed by atoms with Gasteiger partial charge in [0.15, 0.2) is 0 Å². The minimum absolute atomic E-state index is 0.116. The van der Waals surface area contributed by atoms with E-state index in [9.17, 15) is 19.5 Å². The molecule has 1 atom stereocenters. The molecule has 0 spiro atoms. The lowest BCUT2D eigenvalue weighted by atomic mass is 9.88. The summed E-state index contributed by atoms with van der Waals surface area (Å²) in [5, 5.41) is 10.5. The summed E-state index contributed by atoms with van der Waals surface area (Å²) in [4.78, 5) is 37.1. The van der Waals surface area contributed by atoms with Gasteiger partial charge in [-0.2, -0.15) is 0 Å². The molecule has 1 aromatic carbocycles. The summed E-state index contributed by atoms with van der Waals surface area (Å²) in [5.41, 5.74) is 2.20. The van der Waals surface area contributed by atoms with E-state index in [-0.39, 0.29) is 29.0 Å². The Morgan fingerprint density at radius 1 is 1.07 bits per heavy atom. The summed E-state index contributed by atoms with van der Waals surface area (Å²) in [6.07, 6.45) is -0.116. The van der Waals surface area contributed by atoms with Crippen LogP contribution in [0.3, 0.4) is 0 Å². The van der Waals surface area contributed by atoms with E-state index in [1.165, 1.54) is 26.9 Å². The zero-order valence-electron chi connectivity index (χ0n) is 16.5. The van der Waals surface area contributed by atoms with Crippen LogP contribution in [-0.2, 0) is 30.7 Å². The summed E-state index contributed by atoms with van der Waals surface area (Å²) >= 11 is 0. The highest BCUT2D eigenvalue weighted by Gasteiger charge is 2.26. The van der Waals surface area contributed by atoms with E-state index >= 15 is 0 Å². The van der Waals surface area contributed by atoms with Crippen LogP contribution in [0.2, 0.25) is 0 Å². The number of imidazole rings is 1. The van der Waals surface area contributed by atoms with E-state index in [0.29, 0.717) is 16.8 Å². The highest BCUT2D eigenvalue weighted by atomic mass is 16.5. The van der Waals surface area contributed by atoms with Crippen LogP contribution < -0.4 is 11.2 Å². The summed E-state index contributed by atoms with van der Waals surface area (Å²) < 4.78 is 9.26. The highest BCUT2D eigenvalue weighted by Crippen LogP contribution is 2.33. The van der Waals surface area contributed by atoms with E-state index < -0.39 is 11.9 Å². The van der Waals surface area contributed by atoms with Crippen molar-refractivity contribution in [1.82, 2.24) is 13.7 Å². The molecule has 0 fully saturated rings. The Hall–Kier alpha value is -3.29. The van der Waals surface area contributed by atoms with Crippen molar-refractivity contribution >= 4 is 17.0 Å². The van der Waals surface area contributed by atoms with Crippen molar-refractivity contribution in [2.24, 2.45) is 21.1 Å². The van der Waals surface area contributed by atoms with Crippen molar-refractivity contribution in [3.05, 3.63) is 61.9 Å². The summed E-state index contributed by atoms with van der Waals surface area (Å²) in [6.45, 7) is 1.71.